The van der Waals surface area contributed by atoms with Crippen LogP contribution >= 0.6 is 11.6 Å². The van der Waals surface area contributed by atoms with Crippen molar-refractivity contribution in [3.63, 3.8) is 0 Å². The van der Waals surface area contributed by atoms with Gasteiger partial charge in [0.05, 0.1) is 10.7 Å². The van der Waals surface area contributed by atoms with E-state index in [0.29, 0.717) is 33.7 Å². The minimum Gasteiger partial charge on any atom is -0.397 e. The fourth-order valence-corrected chi connectivity index (χ4v) is 2.84. The highest BCUT2D eigenvalue weighted by atomic mass is 35.5. The molecule has 0 bridgehead atoms. The molecule has 4 aromatic rings. The topological polar surface area (TPSA) is 64.7 Å². The molecule has 4 rings (SSSR count). The molecule has 5 heteroatoms. The van der Waals surface area contributed by atoms with Crippen LogP contribution in [0.25, 0.3) is 34.2 Å². The maximum Gasteiger partial charge on any atom is 0.166 e. The van der Waals surface area contributed by atoms with E-state index in [-0.39, 0.29) is 0 Å². The lowest BCUT2D eigenvalue weighted by molar-refractivity contribution is 1.07. The highest BCUT2D eigenvalue weighted by Gasteiger charge is 2.14. The summed E-state index contributed by atoms with van der Waals surface area (Å²) in [5.74, 6) is 1.68. The fraction of sp³-hybridized carbons (Fsp3) is 0. The minimum absolute atomic E-state index is 0.457. The van der Waals surface area contributed by atoms with Crippen LogP contribution in [0.4, 0.5) is 5.69 Å². The molecule has 0 amide bonds. The Morgan fingerprint density at radius 2 is 1.08 bits per heavy atom. The van der Waals surface area contributed by atoms with Crippen molar-refractivity contribution in [2.45, 2.75) is 0 Å². The third-order valence-corrected chi connectivity index (χ3v) is 4.32. The molecule has 0 saturated heterocycles. The van der Waals surface area contributed by atoms with Gasteiger partial charge < -0.3 is 5.73 Å². The van der Waals surface area contributed by atoms with Crippen LogP contribution in [0.3, 0.4) is 0 Å². The SMILES string of the molecule is Nc1c(Cl)cccc1-c1nc(-c2ccccc2)nc(-c2ccccc2)n1. The second-order valence-electron chi connectivity index (χ2n) is 5.74. The number of halogens is 1. The molecule has 0 aliphatic carbocycles. The molecule has 126 valence electrons. The van der Waals surface area contributed by atoms with Gasteiger partial charge in [0.2, 0.25) is 0 Å². The number of hydrogen-bond acceptors (Lipinski definition) is 4. The molecule has 0 spiro atoms. The van der Waals surface area contributed by atoms with Crippen LogP contribution < -0.4 is 5.73 Å². The van der Waals surface area contributed by atoms with Gasteiger partial charge >= 0.3 is 0 Å². The van der Waals surface area contributed by atoms with Crippen LogP contribution in [-0.4, -0.2) is 15.0 Å². The molecule has 1 aromatic heterocycles. The van der Waals surface area contributed by atoms with E-state index in [1.54, 1.807) is 6.07 Å². The highest BCUT2D eigenvalue weighted by molar-refractivity contribution is 6.33. The Hall–Kier alpha value is -3.24. The first-order valence-corrected chi connectivity index (χ1v) is 8.51. The summed E-state index contributed by atoms with van der Waals surface area (Å²) in [6.45, 7) is 0. The van der Waals surface area contributed by atoms with E-state index < -0.39 is 0 Å². The van der Waals surface area contributed by atoms with Crippen molar-refractivity contribution in [1.82, 2.24) is 15.0 Å². The third kappa shape index (κ3) is 3.15. The smallest absolute Gasteiger partial charge is 0.166 e. The second-order valence-corrected chi connectivity index (χ2v) is 6.15. The molecule has 26 heavy (non-hydrogen) atoms. The number of para-hydroxylation sites is 1. The van der Waals surface area contributed by atoms with Crippen LogP contribution in [-0.2, 0) is 0 Å². The van der Waals surface area contributed by atoms with E-state index in [9.17, 15) is 0 Å². The molecule has 0 radical (unpaired) electrons. The zero-order chi connectivity index (χ0) is 17.9. The third-order valence-electron chi connectivity index (χ3n) is 3.99. The van der Waals surface area contributed by atoms with Gasteiger partial charge in [0, 0.05) is 16.7 Å². The standard InChI is InChI=1S/C21H15ClN4/c22-17-13-7-12-16(18(17)23)21-25-19(14-8-3-1-4-9-14)24-20(26-21)15-10-5-2-6-11-15/h1-13H,23H2. The van der Waals surface area contributed by atoms with Gasteiger partial charge in [0.15, 0.2) is 17.5 Å². The number of benzene rings is 3. The summed E-state index contributed by atoms with van der Waals surface area (Å²) in [5.41, 5.74) is 9.13. The summed E-state index contributed by atoms with van der Waals surface area (Å²) >= 11 is 6.18. The van der Waals surface area contributed by atoms with Gasteiger partial charge in [-0.1, -0.05) is 78.3 Å². The first-order chi connectivity index (χ1) is 12.7. The summed E-state index contributed by atoms with van der Waals surface area (Å²) in [6.07, 6.45) is 0. The normalized spacial score (nSPS) is 10.7. The number of nitrogens with two attached hydrogens (primary N) is 1. The van der Waals surface area contributed by atoms with E-state index in [4.69, 9.17) is 17.3 Å². The average molecular weight is 359 g/mol. The lowest BCUT2D eigenvalue weighted by atomic mass is 10.1. The van der Waals surface area contributed by atoms with Gasteiger partial charge in [-0.2, -0.15) is 0 Å². The molecule has 4 nitrogen and oxygen atoms in total. The fourth-order valence-electron chi connectivity index (χ4n) is 2.66. The average Bonchev–Trinajstić information content (AvgIpc) is 2.71. The van der Waals surface area contributed by atoms with Crippen LogP contribution in [0.5, 0.6) is 0 Å². The van der Waals surface area contributed by atoms with Gasteiger partial charge in [-0.15, -0.1) is 0 Å². The molecule has 0 aliphatic rings. The van der Waals surface area contributed by atoms with Crippen molar-refractivity contribution < 1.29 is 0 Å². The molecule has 3 aromatic carbocycles. The van der Waals surface area contributed by atoms with Crippen LogP contribution in [0, 0.1) is 0 Å². The van der Waals surface area contributed by atoms with Crippen molar-refractivity contribution >= 4 is 17.3 Å². The van der Waals surface area contributed by atoms with Crippen molar-refractivity contribution in [3.05, 3.63) is 83.9 Å². The Kier molecular flexibility index (Phi) is 4.33. The number of nitrogens with zero attached hydrogens (tertiary/aromatic N) is 3. The van der Waals surface area contributed by atoms with Gasteiger partial charge in [-0.25, -0.2) is 15.0 Å². The number of nitrogen functional groups attached to an aromatic ring is 1. The Labute approximate surface area is 156 Å². The number of aromatic nitrogens is 3. The zero-order valence-corrected chi connectivity index (χ0v) is 14.6. The lowest BCUT2D eigenvalue weighted by Crippen LogP contribution is -2.02. The molecule has 0 atom stereocenters. The summed E-state index contributed by atoms with van der Waals surface area (Å²) in [4.78, 5) is 13.9. The number of hydrogen-bond donors (Lipinski definition) is 1. The highest BCUT2D eigenvalue weighted by Crippen LogP contribution is 2.31. The van der Waals surface area contributed by atoms with Crippen LogP contribution in [0.1, 0.15) is 0 Å². The summed E-state index contributed by atoms with van der Waals surface area (Å²) in [5, 5.41) is 0.477. The Balaban J connectivity index is 1.95. The van der Waals surface area contributed by atoms with E-state index in [1.807, 2.05) is 72.8 Å². The monoisotopic (exact) mass is 358 g/mol. The molecule has 0 fully saturated rings. The molecular formula is C21H15ClN4. The summed E-state index contributed by atoms with van der Waals surface area (Å²) in [7, 11) is 0. The molecular weight excluding hydrogens is 344 g/mol. The first kappa shape index (κ1) is 16.2. The zero-order valence-electron chi connectivity index (χ0n) is 13.8. The van der Waals surface area contributed by atoms with Gasteiger partial charge in [-0.05, 0) is 12.1 Å². The maximum absolute atomic E-state index is 6.18. The quantitative estimate of drug-likeness (QED) is 0.517. The first-order valence-electron chi connectivity index (χ1n) is 8.13. The van der Waals surface area contributed by atoms with E-state index in [0.717, 1.165) is 11.1 Å². The van der Waals surface area contributed by atoms with Crippen molar-refractivity contribution in [3.8, 4) is 34.2 Å². The van der Waals surface area contributed by atoms with E-state index in [1.165, 1.54) is 0 Å². The Bertz CT molecular complexity index is 992. The van der Waals surface area contributed by atoms with Gasteiger partial charge in [0.25, 0.3) is 0 Å². The van der Waals surface area contributed by atoms with Crippen molar-refractivity contribution in [1.29, 1.82) is 0 Å². The molecule has 2 N–H and O–H groups in total. The maximum atomic E-state index is 6.18. The van der Waals surface area contributed by atoms with Crippen LogP contribution in [0.2, 0.25) is 5.02 Å². The largest absolute Gasteiger partial charge is 0.397 e. The lowest BCUT2D eigenvalue weighted by Gasteiger charge is -2.10. The molecule has 1 heterocycles. The summed E-state index contributed by atoms with van der Waals surface area (Å²) < 4.78 is 0. The molecule has 0 unspecified atom stereocenters. The van der Waals surface area contributed by atoms with Gasteiger partial charge in [-0.3, -0.25) is 0 Å². The predicted octanol–water partition coefficient (Wildman–Crippen LogP) is 5.11. The minimum atomic E-state index is 0.457. The Morgan fingerprint density at radius 3 is 1.62 bits per heavy atom. The Morgan fingerprint density at radius 1 is 0.577 bits per heavy atom. The van der Waals surface area contributed by atoms with Crippen LogP contribution in [0.15, 0.2) is 78.9 Å². The number of rotatable bonds is 3. The van der Waals surface area contributed by atoms with E-state index >= 15 is 0 Å². The molecule has 0 aliphatic heterocycles. The van der Waals surface area contributed by atoms with Crippen molar-refractivity contribution in [2.75, 3.05) is 5.73 Å². The molecule has 0 saturated carbocycles. The van der Waals surface area contributed by atoms with Gasteiger partial charge in [0.1, 0.15) is 0 Å². The predicted molar refractivity (Wildman–Crippen MR) is 106 cm³/mol. The number of anilines is 1. The van der Waals surface area contributed by atoms with E-state index in [2.05, 4.69) is 15.0 Å². The summed E-state index contributed by atoms with van der Waals surface area (Å²) in [6, 6.07) is 25.0. The van der Waals surface area contributed by atoms with Crippen molar-refractivity contribution in [2.24, 2.45) is 0 Å². The second kappa shape index (κ2) is 6.94.